The van der Waals surface area contributed by atoms with Gasteiger partial charge in [0.1, 0.15) is 47.0 Å². The first-order chi connectivity index (χ1) is 31.9. The molecule has 0 saturated heterocycles. The zero-order valence-corrected chi connectivity index (χ0v) is 41.2. The van der Waals surface area contributed by atoms with Gasteiger partial charge in [0.2, 0.25) is 0 Å². The smallest absolute Gasteiger partial charge is 0.399 e. The molecule has 18 heteroatoms. The second kappa shape index (κ2) is 32.4. The molecule has 72 heavy (non-hydrogen) atoms. The molecule has 2 aromatic rings. The maximum Gasteiger partial charge on any atom is 0.399 e. The van der Waals surface area contributed by atoms with E-state index in [1.54, 1.807) is 20.8 Å². The average molecular weight is 1040 g/mol. The van der Waals surface area contributed by atoms with Gasteiger partial charge in [-0.25, -0.2) is 9.59 Å². The largest absolute Gasteiger partial charge is 0.459 e. The van der Waals surface area contributed by atoms with Crippen LogP contribution < -0.4 is 18.9 Å². The molecule has 2 aliphatic rings. The molecule has 2 aliphatic carbocycles. The minimum Gasteiger partial charge on any atom is -0.459 e. The number of halogens is 6. The lowest BCUT2D eigenvalue weighted by molar-refractivity contribution is -0.165. The lowest BCUT2D eigenvalue weighted by Gasteiger charge is -2.29. The highest BCUT2D eigenvalue weighted by atomic mass is 19.4. The van der Waals surface area contributed by atoms with Crippen molar-refractivity contribution in [2.24, 2.45) is 11.3 Å². The first-order valence-electron chi connectivity index (χ1n) is 22.9. The Labute approximate surface area is 423 Å². The molecule has 12 nitrogen and oxygen atoms in total. The second-order valence-corrected chi connectivity index (χ2v) is 17.7. The van der Waals surface area contributed by atoms with E-state index in [1.165, 1.54) is 81.1 Å². The van der Waals surface area contributed by atoms with Crippen LogP contribution in [0.1, 0.15) is 174 Å². The molecule has 0 heterocycles. The highest BCUT2D eigenvalue weighted by molar-refractivity contribution is 5.89. The summed E-state index contributed by atoms with van der Waals surface area (Å²) in [6.07, 6.45) is -0.265. The molecule has 0 aromatic heterocycles. The van der Waals surface area contributed by atoms with E-state index in [2.05, 4.69) is 36.5 Å². The van der Waals surface area contributed by atoms with Gasteiger partial charge in [0, 0.05) is 11.1 Å². The highest BCUT2D eigenvalue weighted by Gasteiger charge is 2.38. The maximum atomic E-state index is 12.0. The van der Waals surface area contributed by atoms with E-state index in [-0.39, 0.29) is 79.9 Å². The first kappa shape index (κ1) is 70.6. The van der Waals surface area contributed by atoms with Crippen LogP contribution in [0.15, 0.2) is 72.8 Å². The number of rotatable bonds is 16. The Hall–Kier alpha value is -5.68. The summed E-state index contributed by atoms with van der Waals surface area (Å²) in [5.74, 6) is -3.79. The third-order valence-corrected chi connectivity index (χ3v) is 11.3. The Balaban J connectivity index is -0.000000888. The maximum absolute atomic E-state index is 12.0. The van der Waals surface area contributed by atoms with Gasteiger partial charge in [0.15, 0.2) is 0 Å². The Morgan fingerprint density at radius 2 is 0.875 bits per heavy atom. The van der Waals surface area contributed by atoms with Gasteiger partial charge in [-0.05, 0) is 153 Å². The fraction of sp³-hybridized carbons (Fsp3) is 0.593. The second-order valence-electron chi connectivity index (χ2n) is 17.7. The highest BCUT2D eigenvalue weighted by Crippen LogP contribution is 2.38. The van der Waals surface area contributed by atoms with E-state index in [1.807, 2.05) is 20.8 Å². The van der Waals surface area contributed by atoms with Crippen LogP contribution in [0.3, 0.4) is 0 Å². The van der Waals surface area contributed by atoms with Gasteiger partial charge in [-0.2, -0.15) is 26.3 Å². The monoisotopic (exact) mass is 1030 g/mol. The predicted octanol–water partition coefficient (Wildman–Crippen LogP) is 14.9. The Morgan fingerprint density at radius 3 is 1.17 bits per heavy atom. The van der Waals surface area contributed by atoms with E-state index in [4.69, 9.17) is 18.9 Å². The van der Waals surface area contributed by atoms with E-state index >= 15 is 0 Å². The summed E-state index contributed by atoms with van der Waals surface area (Å²) < 4.78 is 102. The van der Waals surface area contributed by atoms with Gasteiger partial charge in [0.05, 0.1) is 11.3 Å². The fourth-order valence-electron chi connectivity index (χ4n) is 6.26. The summed E-state index contributed by atoms with van der Waals surface area (Å²) in [5, 5.41) is 0. The van der Waals surface area contributed by atoms with Crippen LogP contribution in [-0.4, -0.2) is 59.4 Å². The average Bonchev–Trinajstić information content (AvgIpc) is 3.94. The quantitative estimate of drug-likeness (QED) is 0.0679. The van der Waals surface area contributed by atoms with Crippen molar-refractivity contribution in [1.29, 1.82) is 0 Å². The third-order valence-electron chi connectivity index (χ3n) is 11.3. The molecule has 0 aliphatic heterocycles. The van der Waals surface area contributed by atoms with Crippen molar-refractivity contribution < 1.29 is 83.5 Å². The van der Waals surface area contributed by atoms with E-state index in [0.717, 1.165) is 44.9 Å². The van der Waals surface area contributed by atoms with Crippen molar-refractivity contribution in [3.05, 3.63) is 72.8 Å². The number of benzene rings is 2. The van der Waals surface area contributed by atoms with Gasteiger partial charge < -0.3 is 28.4 Å². The number of ether oxygens (including phenoxy) is 6. The molecule has 0 amide bonds. The van der Waals surface area contributed by atoms with Crippen molar-refractivity contribution >= 4 is 35.8 Å². The molecule has 0 radical (unpaired) electrons. The number of carbonyl (C=O) groups is 6. The third kappa shape index (κ3) is 27.2. The van der Waals surface area contributed by atoms with Crippen LogP contribution in [0.2, 0.25) is 0 Å². The van der Waals surface area contributed by atoms with Crippen molar-refractivity contribution in [1.82, 2.24) is 0 Å². The van der Waals surface area contributed by atoms with E-state index in [0.29, 0.717) is 12.0 Å². The first-order valence-corrected chi connectivity index (χ1v) is 22.9. The predicted molar refractivity (Wildman–Crippen MR) is 265 cm³/mol. The molecule has 0 N–H and O–H groups in total. The molecule has 0 spiro atoms. The molecule has 2 fully saturated rings. The molecule has 4 rings (SSSR count). The number of hydrogen-bond acceptors (Lipinski definition) is 12. The van der Waals surface area contributed by atoms with Crippen LogP contribution in [0.5, 0.6) is 23.0 Å². The number of esters is 6. The summed E-state index contributed by atoms with van der Waals surface area (Å²) in [7, 11) is 0. The number of hydrogen-bond donors (Lipinski definition) is 0. The summed E-state index contributed by atoms with van der Waals surface area (Å²) >= 11 is 0. The molecular formula is C54H80F6O12. The molecular weight excluding hydrogens is 955 g/mol. The number of alkyl halides is 6. The zero-order valence-electron chi connectivity index (χ0n) is 41.2. The Morgan fingerprint density at radius 1 is 0.556 bits per heavy atom. The van der Waals surface area contributed by atoms with Crippen molar-refractivity contribution in [3.63, 3.8) is 0 Å². The summed E-state index contributed by atoms with van der Waals surface area (Å²) in [4.78, 5) is 68.0. The van der Waals surface area contributed by atoms with E-state index < -0.39 is 54.5 Å². The van der Waals surface area contributed by atoms with Crippen molar-refractivity contribution in [3.8, 4) is 23.0 Å². The Kier molecular flexibility index (Phi) is 31.8. The topological polar surface area (TPSA) is 158 Å². The summed E-state index contributed by atoms with van der Waals surface area (Å²) in [5.41, 5.74) is -0.223. The molecule has 2 saturated carbocycles. The number of carbonyl (C=O) groups excluding carboxylic acids is 6. The van der Waals surface area contributed by atoms with Gasteiger partial charge in [0.25, 0.3) is 0 Å². The van der Waals surface area contributed by atoms with Crippen LogP contribution in [-0.2, 0) is 38.2 Å². The zero-order chi connectivity index (χ0) is 52.8. The van der Waals surface area contributed by atoms with Gasteiger partial charge in [-0.3, -0.25) is 19.2 Å². The minimum atomic E-state index is -4.62. The molecule has 410 valence electrons. The summed E-state index contributed by atoms with van der Waals surface area (Å²) in [6.45, 7) is 23.6. The van der Waals surface area contributed by atoms with Crippen LogP contribution in [0, 0.1) is 11.3 Å². The lowest BCUT2D eigenvalue weighted by Crippen LogP contribution is -2.33. The molecule has 1 atom stereocenters. The molecule has 2 aromatic carbocycles. The fourth-order valence-corrected chi connectivity index (χ4v) is 6.26. The van der Waals surface area contributed by atoms with Crippen molar-refractivity contribution in [2.45, 2.75) is 198 Å². The van der Waals surface area contributed by atoms with E-state index in [9.17, 15) is 55.1 Å². The van der Waals surface area contributed by atoms with Crippen LogP contribution in [0.25, 0.3) is 0 Å². The van der Waals surface area contributed by atoms with Crippen molar-refractivity contribution in [2.75, 3.05) is 0 Å². The standard InChI is InChI=1S/C15H17F3O4.C13H11F3O4.C12H22O2.C11H18O2.3CH4/c1-4-14(2,3)13(20)22-11-7-5-10(6-8-11)21-12(19)9-15(16,17)18;1-8(2)12(18)20-10-5-3-9(4-6-10)19-11(17)7-13(14,15)16;1-4-10(3)11(13)14-12(5-2)8-6-7-9-12;1-4-11(7-5-6-8-11)13-10(12)9(2)3;;;/h5-8H,4,9H2,1-3H3;3-6H,1,7H2,2H3;10H,4-9H2,1-3H3;2,4-8H2,1,3H3;3*1H4. The van der Waals surface area contributed by atoms with Crippen LogP contribution >= 0.6 is 0 Å². The SMILES string of the molecule is C.C.C.C=C(C)C(=O)OC1(CC)CCCC1.C=C(C)C(=O)Oc1ccc(OC(=O)CC(F)(F)F)cc1.CCC(C)(C)C(=O)Oc1ccc(OC(=O)CC(F)(F)F)cc1.CCC(C)C(=O)OC1(CC)CCCC1. The normalized spacial score (nSPS) is 14.5. The van der Waals surface area contributed by atoms with Gasteiger partial charge in [-0.1, -0.05) is 70.1 Å². The molecule has 0 bridgehead atoms. The lowest BCUT2D eigenvalue weighted by atomic mass is 9.91. The minimum absolute atomic E-state index is 0. The van der Waals surface area contributed by atoms with Gasteiger partial charge in [-0.15, -0.1) is 0 Å². The summed E-state index contributed by atoms with van der Waals surface area (Å²) in [6, 6.07) is 10.2. The Bertz CT molecular complexity index is 2010. The molecule has 1 unspecified atom stereocenters. The van der Waals surface area contributed by atoms with Crippen LogP contribution in [0.4, 0.5) is 26.3 Å². The van der Waals surface area contributed by atoms with Gasteiger partial charge >= 0.3 is 48.2 Å².